The van der Waals surface area contributed by atoms with Gasteiger partial charge in [-0.3, -0.25) is 5.10 Å². The summed E-state index contributed by atoms with van der Waals surface area (Å²) in [6.45, 7) is 7.84. The van der Waals surface area contributed by atoms with E-state index < -0.39 is 0 Å². The maximum absolute atomic E-state index is 11.5. The highest BCUT2D eigenvalue weighted by Gasteiger charge is 2.27. The molecule has 0 unspecified atom stereocenters. The third-order valence-electron chi connectivity index (χ3n) is 2.05. The van der Waals surface area contributed by atoms with Gasteiger partial charge in [0.1, 0.15) is 5.56 Å². The number of aryl methyl sites for hydroxylation is 1. The monoisotopic (exact) mass is 196 g/mol. The van der Waals surface area contributed by atoms with Crippen LogP contribution in [0.25, 0.3) is 0 Å². The van der Waals surface area contributed by atoms with Gasteiger partial charge in [0.05, 0.1) is 12.8 Å². The quantitative estimate of drug-likeness (QED) is 0.697. The summed E-state index contributed by atoms with van der Waals surface area (Å²) in [5.41, 5.74) is 1.90. The maximum atomic E-state index is 11.5. The molecule has 0 saturated carbocycles. The molecule has 1 N–H and O–H groups in total. The van der Waals surface area contributed by atoms with Gasteiger partial charge in [0, 0.05) is 11.1 Å². The van der Waals surface area contributed by atoms with E-state index in [0.29, 0.717) is 5.56 Å². The van der Waals surface area contributed by atoms with Crippen LogP contribution in [0, 0.1) is 6.92 Å². The molecule has 4 nitrogen and oxygen atoms in total. The predicted molar refractivity (Wildman–Crippen MR) is 53.4 cm³/mol. The van der Waals surface area contributed by atoms with Gasteiger partial charge in [0.2, 0.25) is 0 Å². The van der Waals surface area contributed by atoms with Crippen molar-refractivity contribution in [3.63, 3.8) is 0 Å². The van der Waals surface area contributed by atoms with Gasteiger partial charge in [-0.2, -0.15) is 5.10 Å². The van der Waals surface area contributed by atoms with E-state index in [-0.39, 0.29) is 11.4 Å². The van der Waals surface area contributed by atoms with E-state index >= 15 is 0 Å². The first-order valence-corrected chi connectivity index (χ1v) is 4.51. The van der Waals surface area contributed by atoms with Crippen LogP contribution < -0.4 is 0 Å². The van der Waals surface area contributed by atoms with Gasteiger partial charge in [-0.25, -0.2) is 4.79 Å². The lowest BCUT2D eigenvalue weighted by atomic mass is 9.89. The first kappa shape index (κ1) is 10.8. The molecule has 1 aromatic rings. The normalized spacial score (nSPS) is 11.5. The predicted octanol–water partition coefficient (Wildman–Crippen LogP) is 1.80. The minimum absolute atomic E-state index is 0.158. The second-order valence-corrected chi connectivity index (χ2v) is 4.31. The number of aromatic amines is 1. The van der Waals surface area contributed by atoms with Crippen molar-refractivity contribution in [1.29, 1.82) is 0 Å². The highest BCUT2D eigenvalue weighted by molar-refractivity contribution is 5.92. The lowest BCUT2D eigenvalue weighted by molar-refractivity contribution is 0.0597. The van der Waals surface area contributed by atoms with Gasteiger partial charge in [-0.05, 0) is 6.92 Å². The smallest absolute Gasteiger partial charge is 0.341 e. The van der Waals surface area contributed by atoms with E-state index in [0.717, 1.165) is 11.4 Å². The zero-order chi connectivity index (χ0) is 10.9. The number of carbonyl (C=O) groups is 1. The Morgan fingerprint density at radius 3 is 2.43 bits per heavy atom. The molecule has 0 fully saturated rings. The average molecular weight is 196 g/mol. The molecule has 0 radical (unpaired) electrons. The molecule has 0 aliphatic rings. The third kappa shape index (κ3) is 1.78. The Bertz CT molecular complexity index is 347. The first-order valence-electron chi connectivity index (χ1n) is 4.51. The summed E-state index contributed by atoms with van der Waals surface area (Å²) in [4.78, 5) is 11.5. The summed E-state index contributed by atoms with van der Waals surface area (Å²) in [5.74, 6) is -0.332. The Morgan fingerprint density at radius 2 is 2.00 bits per heavy atom. The van der Waals surface area contributed by atoms with Gasteiger partial charge in [0.25, 0.3) is 0 Å². The Hall–Kier alpha value is -1.32. The zero-order valence-electron chi connectivity index (χ0n) is 9.26. The standard InChI is InChI=1S/C10H16N2O2/c1-6-7(9(13)14-5)8(12-11-6)10(2,3)4/h1-5H3,(H,11,12). The molecule has 0 aliphatic carbocycles. The summed E-state index contributed by atoms with van der Waals surface area (Å²) in [7, 11) is 1.38. The minimum Gasteiger partial charge on any atom is -0.465 e. The lowest BCUT2D eigenvalue weighted by Crippen LogP contribution is -2.17. The highest BCUT2D eigenvalue weighted by Crippen LogP contribution is 2.25. The van der Waals surface area contributed by atoms with Crippen LogP contribution in [0.3, 0.4) is 0 Å². The van der Waals surface area contributed by atoms with Crippen molar-refractivity contribution in [2.75, 3.05) is 7.11 Å². The van der Waals surface area contributed by atoms with Crippen LogP contribution in [-0.2, 0) is 10.2 Å². The molecule has 0 spiro atoms. The van der Waals surface area contributed by atoms with Gasteiger partial charge >= 0.3 is 5.97 Å². The Labute approximate surface area is 83.7 Å². The molecule has 4 heteroatoms. The van der Waals surface area contributed by atoms with Crippen molar-refractivity contribution >= 4 is 5.97 Å². The van der Waals surface area contributed by atoms with Crippen LogP contribution in [0.1, 0.15) is 42.5 Å². The molecule has 14 heavy (non-hydrogen) atoms. The zero-order valence-corrected chi connectivity index (χ0v) is 9.26. The van der Waals surface area contributed by atoms with E-state index in [9.17, 15) is 4.79 Å². The fraction of sp³-hybridized carbons (Fsp3) is 0.600. The molecule has 1 rings (SSSR count). The highest BCUT2D eigenvalue weighted by atomic mass is 16.5. The van der Waals surface area contributed by atoms with Crippen LogP contribution in [0.5, 0.6) is 0 Å². The van der Waals surface area contributed by atoms with Crippen LogP contribution >= 0.6 is 0 Å². The van der Waals surface area contributed by atoms with Gasteiger partial charge in [0.15, 0.2) is 0 Å². The summed E-state index contributed by atoms with van der Waals surface area (Å²) in [6, 6.07) is 0. The number of ether oxygens (including phenoxy) is 1. The maximum Gasteiger partial charge on any atom is 0.341 e. The molecule has 0 bridgehead atoms. The van der Waals surface area contributed by atoms with E-state index in [4.69, 9.17) is 4.74 Å². The molecule has 1 aromatic heterocycles. The molecular formula is C10H16N2O2. The number of nitrogens with zero attached hydrogens (tertiary/aromatic N) is 1. The van der Waals surface area contributed by atoms with Gasteiger partial charge in [-0.15, -0.1) is 0 Å². The van der Waals surface area contributed by atoms with E-state index in [1.54, 1.807) is 0 Å². The van der Waals surface area contributed by atoms with Crippen molar-refractivity contribution in [1.82, 2.24) is 10.2 Å². The average Bonchev–Trinajstić information content (AvgIpc) is 2.45. The molecule has 0 atom stereocenters. The second-order valence-electron chi connectivity index (χ2n) is 4.31. The van der Waals surface area contributed by atoms with Crippen molar-refractivity contribution in [3.05, 3.63) is 17.0 Å². The number of aromatic nitrogens is 2. The fourth-order valence-corrected chi connectivity index (χ4v) is 1.32. The summed E-state index contributed by atoms with van der Waals surface area (Å²) in [5, 5.41) is 6.94. The summed E-state index contributed by atoms with van der Waals surface area (Å²) in [6.07, 6.45) is 0. The largest absolute Gasteiger partial charge is 0.465 e. The van der Waals surface area contributed by atoms with E-state index in [1.807, 2.05) is 27.7 Å². The number of methoxy groups -OCH3 is 1. The number of hydrogen-bond donors (Lipinski definition) is 1. The topological polar surface area (TPSA) is 55.0 Å². The third-order valence-corrected chi connectivity index (χ3v) is 2.05. The SMILES string of the molecule is COC(=O)c1c(C(C)(C)C)n[nH]c1C. The second kappa shape index (κ2) is 3.44. The van der Waals surface area contributed by atoms with Crippen LogP contribution in [-0.4, -0.2) is 23.3 Å². The number of carbonyl (C=O) groups excluding carboxylic acids is 1. The minimum atomic E-state index is -0.332. The van der Waals surface area contributed by atoms with Crippen molar-refractivity contribution in [2.24, 2.45) is 0 Å². The van der Waals surface area contributed by atoms with Crippen molar-refractivity contribution < 1.29 is 9.53 Å². The molecule has 0 aromatic carbocycles. The first-order chi connectivity index (χ1) is 6.38. The van der Waals surface area contributed by atoms with Crippen LogP contribution in [0.2, 0.25) is 0 Å². The van der Waals surface area contributed by atoms with E-state index in [1.165, 1.54) is 7.11 Å². The molecular weight excluding hydrogens is 180 g/mol. The number of esters is 1. The number of H-pyrrole nitrogens is 1. The number of nitrogens with one attached hydrogen (secondary N) is 1. The lowest BCUT2D eigenvalue weighted by Gasteiger charge is -2.16. The fourth-order valence-electron chi connectivity index (χ4n) is 1.32. The Balaban J connectivity index is 3.26. The molecule has 0 saturated heterocycles. The molecule has 78 valence electrons. The van der Waals surface area contributed by atoms with Gasteiger partial charge in [-0.1, -0.05) is 20.8 Å². The molecule has 1 heterocycles. The molecule has 0 amide bonds. The Kier molecular flexibility index (Phi) is 2.64. The Morgan fingerprint density at radius 1 is 1.43 bits per heavy atom. The summed E-state index contributed by atoms with van der Waals surface area (Å²) < 4.78 is 4.71. The summed E-state index contributed by atoms with van der Waals surface area (Å²) >= 11 is 0. The van der Waals surface area contributed by atoms with Gasteiger partial charge < -0.3 is 4.74 Å². The van der Waals surface area contributed by atoms with Crippen molar-refractivity contribution in [2.45, 2.75) is 33.1 Å². The van der Waals surface area contributed by atoms with Crippen LogP contribution in [0.15, 0.2) is 0 Å². The number of hydrogen-bond acceptors (Lipinski definition) is 3. The van der Waals surface area contributed by atoms with E-state index in [2.05, 4.69) is 10.2 Å². The molecule has 0 aliphatic heterocycles. The van der Waals surface area contributed by atoms with Crippen LogP contribution in [0.4, 0.5) is 0 Å². The number of rotatable bonds is 1. The van der Waals surface area contributed by atoms with Crippen molar-refractivity contribution in [3.8, 4) is 0 Å².